The average Bonchev–Trinajstić information content (AvgIpc) is 2.42. The maximum Gasteiger partial charge on any atom is 0.221 e. The fourth-order valence-electron chi connectivity index (χ4n) is 2.14. The van der Waals surface area contributed by atoms with E-state index in [-0.39, 0.29) is 11.7 Å². The van der Waals surface area contributed by atoms with Gasteiger partial charge in [0.2, 0.25) is 5.91 Å². The van der Waals surface area contributed by atoms with E-state index in [9.17, 15) is 9.59 Å². The van der Waals surface area contributed by atoms with Crippen LogP contribution in [0.2, 0.25) is 0 Å². The van der Waals surface area contributed by atoms with Gasteiger partial charge in [-0.1, -0.05) is 15.9 Å². The Morgan fingerprint density at radius 1 is 1.00 bits per heavy atom. The molecule has 21 heavy (non-hydrogen) atoms. The maximum absolute atomic E-state index is 12.6. The highest BCUT2D eigenvalue weighted by molar-refractivity contribution is 9.10. The van der Waals surface area contributed by atoms with Crippen molar-refractivity contribution in [1.29, 1.82) is 0 Å². The van der Waals surface area contributed by atoms with Crippen molar-refractivity contribution < 1.29 is 9.59 Å². The minimum Gasteiger partial charge on any atom is -0.326 e. The van der Waals surface area contributed by atoms with E-state index in [0.29, 0.717) is 11.1 Å². The Bertz CT molecular complexity index is 705. The van der Waals surface area contributed by atoms with Gasteiger partial charge in [-0.05, 0) is 61.4 Å². The number of rotatable bonds is 3. The summed E-state index contributed by atoms with van der Waals surface area (Å²) in [5.74, 6) is -0.137. The molecule has 0 aliphatic carbocycles. The van der Waals surface area contributed by atoms with E-state index >= 15 is 0 Å². The van der Waals surface area contributed by atoms with E-state index in [0.717, 1.165) is 21.3 Å². The summed E-state index contributed by atoms with van der Waals surface area (Å²) in [6.45, 7) is 5.22. The third-order valence-corrected chi connectivity index (χ3v) is 3.76. The molecule has 0 radical (unpaired) electrons. The van der Waals surface area contributed by atoms with E-state index in [2.05, 4.69) is 21.2 Å². The molecule has 0 fully saturated rings. The smallest absolute Gasteiger partial charge is 0.221 e. The van der Waals surface area contributed by atoms with Gasteiger partial charge < -0.3 is 5.32 Å². The normalized spacial score (nSPS) is 10.3. The van der Waals surface area contributed by atoms with E-state index in [1.54, 1.807) is 12.1 Å². The molecule has 0 saturated carbocycles. The first kappa shape index (κ1) is 15.4. The lowest BCUT2D eigenvalue weighted by molar-refractivity contribution is -0.114. The standard InChI is InChI=1S/C17H16BrNO2/c1-10-9-16(19-12(3)20)11(2)8-15(10)17(21)13-4-6-14(18)7-5-13/h4-9H,1-3H3,(H,19,20). The van der Waals surface area contributed by atoms with Crippen LogP contribution in [0.15, 0.2) is 40.9 Å². The van der Waals surface area contributed by atoms with Gasteiger partial charge in [0, 0.05) is 28.2 Å². The van der Waals surface area contributed by atoms with Gasteiger partial charge >= 0.3 is 0 Å². The summed E-state index contributed by atoms with van der Waals surface area (Å²) in [5.41, 5.74) is 3.76. The zero-order chi connectivity index (χ0) is 15.6. The molecule has 2 aromatic carbocycles. The van der Waals surface area contributed by atoms with Gasteiger partial charge in [-0.15, -0.1) is 0 Å². The van der Waals surface area contributed by atoms with Crippen molar-refractivity contribution in [3.05, 3.63) is 63.1 Å². The highest BCUT2D eigenvalue weighted by atomic mass is 79.9. The molecule has 0 heterocycles. The molecule has 108 valence electrons. The molecule has 2 rings (SSSR count). The Hall–Kier alpha value is -1.94. The number of carbonyl (C=O) groups excluding carboxylic acids is 2. The third-order valence-electron chi connectivity index (χ3n) is 3.23. The predicted molar refractivity (Wildman–Crippen MR) is 87.8 cm³/mol. The molecular weight excluding hydrogens is 330 g/mol. The van der Waals surface area contributed by atoms with Crippen molar-refractivity contribution in [2.45, 2.75) is 20.8 Å². The summed E-state index contributed by atoms with van der Waals surface area (Å²) in [4.78, 5) is 23.7. The van der Waals surface area contributed by atoms with Crippen LogP contribution in [0.25, 0.3) is 0 Å². The summed E-state index contributed by atoms with van der Waals surface area (Å²) in [6.07, 6.45) is 0. The lowest BCUT2D eigenvalue weighted by Crippen LogP contribution is -2.10. The Morgan fingerprint density at radius 3 is 2.19 bits per heavy atom. The predicted octanol–water partition coefficient (Wildman–Crippen LogP) is 4.26. The lowest BCUT2D eigenvalue weighted by atomic mass is 9.96. The lowest BCUT2D eigenvalue weighted by Gasteiger charge is -2.12. The number of ketones is 1. The molecular formula is C17H16BrNO2. The number of amides is 1. The van der Waals surface area contributed by atoms with Crippen molar-refractivity contribution in [2.75, 3.05) is 5.32 Å². The Labute approximate surface area is 132 Å². The maximum atomic E-state index is 12.6. The highest BCUT2D eigenvalue weighted by Gasteiger charge is 2.14. The number of hydrogen-bond acceptors (Lipinski definition) is 2. The Balaban J connectivity index is 2.40. The molecule has 2 aromatic rings. The number of carbonyl (C=O) groups is 2. The molecule has 0 aliphatic rings. The van der Waals surface area contributed by atoms with Crippen LogP contribution in [-0.4, -0.2) is 11.7 Å². The minimum atomic E-state index is -0.121. The first-order chi connectivity index (χ1) is 9.88. The quantitative estimate of drug-likeness (QED) is 0.845. The molecule has 3 nitrogen and oxygen atoms in total. The van der Waals surface area contributed by atoms with Crippen LogP contribution in [0.3, 0.4) is 0 Å². The molecule has 1 N–H and O–H groups in total. The summed E-state index contributed by atoms with van der Waals surface area (Å²) in [5, 5.41) is 2.77. The minimum absolute atomic E-state index is 0.0162. The molecule has 0 atom stereocenters. The van der Waals surface area contributed by atoms with E-state index in [1.807, 2.05) is 38.1 Å². The fourth-order valence-corrected chi connectivity index (χ4v) is 2.41. The van der Waals surface area contributed by atoms with Gasteiger partial charge in [0.25, 0.3) is 0 Å². The van der Waals surface area contributed by atoms with Crippen molar-refractivity contribution >= 4 is 33.3 Å². The van der Waals surface area contributed by atoms with Crippen LogP contribution < -0.4 is 5.32 Å². The largest absolute Gasteiger partial charge is 0.326 e. The second-order valence-electron chi connectivity index (χ2n) is 5.00. The second-order valence-corrected chi connectivity index (χ2v) is 5.91. The molecule has 0 bridgehead atoms. The Morgan fingerprint density at radius 2 is 1.62 bits per heavy atom. The highest BCUT2D eigenvalue weighted by Crippen LogP contribution is 2.23. The zero-order valence-corrected chi connectivity index (χ0v) is 13.7. The van der Waals surface area contributed by atoms with Crippen LogP contribution in [0, 0.1) is 13.8 Å². The molecule has 0 aromatic heterocycles. The molecule has 0 unspecified atom stereocenters. The van der Waals surface area contributed by atoms with Gasteiger partial charge in [0.05, 0.1) is 0 Å². The van der Waals surface area contributed by atoms with Crippen LogP contribution in [0.1, 0.15) is 34.0 Å². The molecule has 0 aliphatic heterocycles. The van der Waals surface area contributed by atoms with E-state index in [1.165, 1.54) is 6.92 Å². The number of benzene rings is 2. The van der Waals surface area contributed by atoms with Gasteiger partial charge in [0.15, 0.2) is 5.78 Å². The summed E-state index contributed by atoms with van der Waals surface area (Å²) in [7, 11) is 0. The van der Waals surface area contributed by atoms with Crippen LogP contribution in [0.4, 0.5) is 5.69 Å². The van der Waals surface area contributed by atoms with E-state index in [4.69, 9.17) is 0 Å². The van der Waals surface area contributed by atoms with Crippen molar-refractivity contribution in [3.8, 4) is 0 Å². The van der Waals surface area contributed by atoms with Crippen LogP contribution in [-0.2, 0) is 4.79 Å². The van der Waals surface area contributed by atoms with Gasteiger partial charge in [0.1, 0.15) is 0 Å². The van der Waals surface area contributed by atoms with Gasteiger partial charge in [-0.2, -0.15) is 0 Å². The summed E-state index contributed by atoms with van der Waals surface area (Å²) < 4.78 is 0.938. The molecule has 0 spiro atoms. The summed E-state index contributed by atoms with van der Waals surface area (Å²) in [6, 6.07) is 10.9. The number of hydrogen-bond donors (Lipinski definition) is 1. The summed E-state index contributed by atoms with van der Waals surface area (Å²) >= 11 is 3.36. The SMILES string of the molecule is CC(=O)Nc1cc(C)c(C(=O)c2ccc(Br)cc2)cc1C. The number of nitrogens with one attached hydrogen (secondary N) is 1. The number of aryl methyl sites for hydroxylation is 2. The first-order valence-electron chi connectivity index (χ1n) is 6.57. The Kier molecular flexibility index (Phi) is 4.58. The van der Waals surface area contributed by atoms with Gasteiger partial charge in [-0.25, -0.2) is 0 Å². The molecule has 0 saturated heterocycles. The van der Waals surface area contributed by atoms with E-state index < -0.39 is 0 Å². The van der Waals surface area contributed by atoms with Crippen molar-refractivity contribution in [2.24, 2.45) is 0 Å². The fraction of sp³-hybridized carbons (Fsp3) is 0.176. The average molecular weight is 346 g/mol. The topological polar surface area (TPSA) is 46.2 Å². The zero-order valence-electron chi connectivity index (χ0n) is 12.2. The number of halogens is 1. The molecule has 4 heteroatoms. The third kappa shape index (κ3) is 3.58. The van der Waals surface area contributed by atoms with Crippen LogP contribution >= 0.6 is 15.9 Å². The molecule has 1 amide bonds. The monoisotopic (exact) mass is 345 g/mol. The van der Waals surface area contributed by atoms with Gasteiger partial charge in [-0.3, -0.25) is 9.59 Å². The van der Waals surface area contributed by atoms with Crippen LogP contribution in [0.5, 0.6) is 0 Å². The second kappa shape index (κ2) is 6.22. The van der Waals surface area contributed by atoms with Crippen molar-refractivity contribution in [3.63, 3.8) is 0 Å². The number of anilines is 1. The first-order valence-corrected chi connectivity index (χ1v) is 7.37. The van der Waals surface area contributed by atoms with Crippen molar-refractivity contribution in [1.82, 2.24) is 0 Å².